The number of rotatable bonds is 4. The van der Waals surface area contributed by atoms with Gasteiger partial charge in [0.2, 0.25) is 5.91 Å². The minimum Gasteiger partial charge on any atom is -0.340 e. The summed E-state index contributed by atoms with van der Waals surface area (Å²) in [7, 11) is 0. The first-order chi connectivity index (χ1) is 11.5. The highest BCUT2D eigenvalue weighted by atomic mass is 16.2. The quantitative estimate of drug-likeness (QED) is 0.845. The lowest BCUT2D eigenvalue weighted by atomic mass is 10.1. The van der Waals surface area contributed by atoms with Gasteiger partial charge in [-0.15, -0.1) is 5.10 Å². The van der Waals surface area contributed by atoms with Crippen molar-refractivity contribution in [2.75, 3.05) is 26.2 Å². The van der Waals surface area contributed by atoms with Gasteiger partial charge >= 0.3 is 0 Å². The molecule has 1 aromatic heterocycles. The van der Waals surface area contributed by atoms with Crippen molar-refractivity contribution in [1.82, 2.24) is 30.0 Å². The Morgan fingerprint density at radius 2 is 1.79 bits per heavy atom. The molecule has 1 saturated heterocycles. The van der Waals surface area contributed by atoms with Crippen molar-refractivity contribution < 1.29 is 4.79 Å². The second kappa shape index (κ2) is 7.09. The maximum Gasteiger partial charge on any atom is 0.225 e. The van der Waals surface area contributed by atoms with E-state index < -0.39 is 0 Å². The lowest BCUT2D eigenvalue weighted by Gasteiger charge is -2.35. The van der Waals surface area contributed by atoms with E-state index in [1.54, 1.807) is 4.68 Å². The van der Waals surface area contributed by atoms with Crippen LogP contribution in [0.5, 0.6) is 0 Å². The van der Waals surface area contributed by atoms with E-state index in [1.165, 1.54) is 5.56 Å². The highest BCUT2D eigenvalue weighted by Crippen LogP contribution is 2.13. The number of aryl methyl sites for hydroxylation is 1. The van der Waals surface area contributed by atoms with Crippen LogP contribution >= 0.6 is 0 Å². The van der Waals surface area contributed by atoms with Crippen LogP contribution in [-0.4, -0.2) is 62.1 Å². The van der Waals surface area contributed by atoms with Crippen LogP contribution in [0.4, 0.5) is 0 Å². The number of benzene rings is 1. The predicted molar refractivity (Wildman–Crippen MR) is 90.6 cm³/mol. The van der Waals surface area contributed by atoms with Crippen molar-refractivity contribution in [3.8, 4) is 5.69 Å². The van der Waals surface area contributed by atoms with Gasteiger partial charge in [-0.1, -0.05) is 31.5 Å². The van der Waals surface area contributed by atoms with Crippen molar-refractivity contribution in [2.24, 2.45) is 5.92 Å². The number of tetrazole rings is 1. The molecule has 1 amide bonds. The Hall–Kier alpha value is -2.28. The number of aromatic nitrogens is 4. The van der Waals surface area contributed by atoms with Crippen LogP contribution < -0.4 is 0 Å². The molecule has 0 unspecified atom stereocenters. The van der Waals surface area contributed by atoms with Crippen molar-refractivity contribution in [3.05, 3.63) is 35.7 Å². The molecule has 1 aromatic carbocycles. The lowest BCUT2D eigenvalue weighted by Crippen LogP contribution is -2.49. The Morgan fingerprint density at radius 3 is 2.42 bits per heavy atom. The summed E-state index contributed by atoms with van der Waals surface area (Å²) < 4.78 is 1.78. The zero-order chi connectivity index (χ0) is 17.1. The minimum absolute atomic E-state index is 0.0605. The Kier molecular flexibility index (Phi) is 4.89. The molecule has 2 aromatic rings. The summed E-state index contributed by atoms with van der Waals surface area (Å²) in [5.41, 5.74) is 2.17. The molecule has 0 radical (unpaired) electrons. The standard InChI is InChI=1S/C17H24N6O/c1-13(2)17(24)22-10-8-21(9-11-22)12-16-18-19-20-23(16)15-6-4-14(3)5-7-15/h4-7,13H,8-12H2,1-3H3. The second-order valence-corrected chi connectivity index (χ2v) is 6.60. The van der Waals surface area contributed by atoms with Gasteiger partial charge in [-0.25, -0.2) is 0 Å². The van der Waals surface area contributed by atoms with Crippen LogP contribution in [0.25, 0.3) is 5.69 Å². The van der Waals surface area contributed by atoms with Gasteiger partial charge in [0, 0.05) is 32.1 Å². The van der Waals surface area contributed by atoms with Crippen molar-refractivity contribution in [2.45, 2.75) is 27.3 Å². The van der Waals surface area contributed by atoms with Gasteiger partial charge in [-0.3, -0.25) is 9.69 Å². The molecule has 0 aliphatic carbocycles. The Balaban J connectivity index is 1.63. The maximum absolute atomic E-state index is 12.1. The Morgan fingerprint density at radius 1 is 1.12 bits per heavy atom. The number of piperazine rings is 1. The van der Waals surface area contributed by atoms with Crippen LogP contribution in [0, 0.1) is 12.8 Å². The van der Waals surface area contributed by atoms with Crippen molar-refractivity contribution in [3.63, 3.8) is 0 Å². The monoisotopic (exact) mass is 328 g/mol. The predicted octanol–water partition coefficient (Wildman–Crippen LogP) is 1.27. The molecule has 0 bridgehead atoms. The number of carbonyl (C=O) groups excluding carboxylic acids is 1. The van der Waals surface area contributed by atoms with Crippen molar-refractivity contribution >= 4 is 5.91 Å². The van der Waals surface area contributed by atoms with Gasteiger partial charge in [-0.05, 0) is 29.5 Å². The molecule has 0 saturated carbocycles. The van der Waals surface area contributed by atoms with Gasteiger partial charge in [0.1, 0.15) is 0 Å². The number of hydrogen-bond donors (Lipinski definition) is 0. The highest BCUT2D eigenvalue weighted by molar-refractivity contribution is 5.78. The van der Waals surface area contributed by atoms with Crippen LogP contribution in [0.3, 0.4) is 0 Å². The first-order valence-corrected chi connectivity index (χ1v) is 8.40. The molecule has 0 N–H and O–H groups in total. The zero-order valence-corrected chi connectivity index (χ0v) is 14.5. The highest BCUT2D eigenvalue weighted by Gasteiger charge is 2.24. The van der Waals surface area contributed by atoms with E-state index in [2.05, 4.69) is 39.5 Å². The average Bonchev–Trinajstić information content (AvgIpc) is 3.03. The number of carbonyl (C=O) groups is 1. The fraction of sp³-hybridized carbons (Fsp3) is 0.529. The molecule has 1 aliphatic rings. The third-order valence-corrected chi connectivity index (χ3v) is 4.36. The van der Waals surface area contributed by atoms with Gasteiger partial charge in [0.25, 0.3) is 0 Å². The summed E-state index contributed by atoms with van der Waals surface area (Å²) in [6.07, 6.45) is 0. The summed E-state index contributed by atoms with van der Waals surface area (Å²) in [6, 6.07) is 8.15. The minimum atomic E-state index is 0.0605. The third-order valence-electron chi connectivity index (χ3n) is 4.36. The first-order valence-electron chi connectivity index (χ1n) is 8.40. The lowest BCUT2D eigenvalue weighted by molar-refractivity contribution is -0.136. The topological polar surface area (TPSA) is 67.2 Å². The van der Waals surface area contributed by atoms with E-state index in [-0.39, 0.29) is 11.8 Å². The van der Waals surface area contributed by atoms with Crippen LogP contribution in [0.2, 0.25) is 0 Å². The van der Waals surface area contributed by atoms with E-state index in [9.17, 15) is 4.79 Å². The van der Waals surface area contributed by atoms with Gasteiger partial charge in [-0.2, -0.15) is 4.68 Å². The Bertz CT molecular complexity index is 685. The molecule has 128 valence electrons. The van der Waals surface area contributed by atoms with E-state index in [4.69, 9.17) is 0 Å². The zero-order valence-electron chi connectivity index (χ0n) is 14.5. The number of nitrogens with zero attached hydrogens (tertiary/aromatic N) is 6. The van der Waals surface area contributed by atoms with E-state index in [0.29, 0.717) is 6.54 Å². The third kappa shape index (κ3) is 3.62. The molecule has 3 rings (SSSR count). The molecule has 1 aliphatic heterocycles. The molecule has 24 heavy (non-hydrogen) atoms. The maximum atomic E-state index is 12.1. The van der Waals surface area contributed by atoms with E-state index in [0.717, 1.165) is 37.7 Å². The summed E-state index contributed by atoms with van der Waals surface area (Å²) in [5, 5.41) is 12.1. The molecule has 0 spiro atoms. The normalized spacial score (nSPS) is 15.9. The number of amides is 1. The molecule has 2 heterocycles. The smallest absolute Gasteiger partial charge is 0.225 e. The van der Waals surface area contributed by atoms with Gasteiger partial charge in [0.05, 0.1) is 12.2 Å². The molecule has 7 heteroatoms. The van der Waals surface area contributed by atoms with Crippen LogP contribution in [0.1, 0.15) is 25.2 Å². The van der Waals surface area contributed by atoms with Gasteiger partial charge in [0.15, 0.2) is 5.82 Å². The Labute approximate surface area is 142 Å². The average molecular weight is 328 g/mol. The van der Waals surface area contributed by atoms with Crippen LogP contribution in [0.15, 0.2) is 24.3 Å². The molecule has 0 atom stereocenters. The largest absolute Gasteiger partial charge is 0.340 e. The number of hydrogen-bond acceptors (Lipinski definition) is 5. The fourth-order valence-corrected chi connectivity index (χ4v) is 2.88. The molecular formula is C17H24N6O. The second-order valence-electron chi connectivity index (χ2n) is 6.60. The van der Waals surface area contributed by atoms with Crippen molar-refractivity contribution in [1.29, 1.82) is 0 Å². The summed E-state index contributed by atoms with van der Waals surface area (Å²) >= 11 is 0. The first kappa shape index (κ1) is 16.6. The fourth-order valence-electron chi connectivity index (χ4n) is 2.88. The molecular weight excluding hydrogens is 304 g/mol. The summed E-state index contributed by atoms with van der Waals surface area (Å²) in [6.45, 7) is 9.87. The molecule has 7 nitrogen and oxygen atoms in total. The van der Waals surface area contributed by atoms with E-state index >= 15 is 0 Å². The van der Waals surface area contributed by atoms with Crippen LogP contribution in [-0.2, 0) is 11.3 Å². The summed E-state index contributed by atoms with van der Waals surface area (Å²) in [5.74, 6) is 1.12. The molecule has 1 fully saturated rings. The summed E-state index contributed by atoms with van der Waals surface area (Å²) in [4.78, 5) is 16.3. The van der Waals surface area contributed by atoms with E-state index in [1.807, 2.05) is 30.9 Å². The van der Waals surface area contributed by atoms with Gasteiger partial charge < -0.3 is 4.90 Å². The SMILES string of the molecule is Cc1ccc(-n2nnnc2CN2CCN(C(=O)C(C)C)CC2)cc1.